The highest BCUT2D eigenvalue weighted by Gasteiger charge is 2.39. The Balaban J connectivity index is 1.36. The summed E-state index contributed by atoms with van der Waals surface area (Å²) in [6.45, 7) is 5.66. The quantitative estimate of drug-likeness (QED) is 0.407. The third kappa shape index (κ3) is 6.82. The molecule has 12 heteroatoms. The van der Waals surface area contributed by atoms with Crippen LogP contribution in [0, 0.1) is 5.92 Å². The van der Waals surface area contributed by atoms with Crippen LogP contribution in [-0.4, -0.2) is 72.2 Å². The molecule has 6 heterocycles. The van der Waals surface area contributed by atoms with Crippen LogP contribution in [0.5, 0.6) is 0 Å². The van der Waals surface area contributed by atoms with Gasteiger partial charge < -0.3 is 15.0 Å². The van der Waals surface area contributed by atoms with Gasteiger partial charge in [-0.15, -0.1) is 0 Å². The second-order valence-electron chi connectivity index (χ2n) is 12.6. The van der Waals surface area contributed by atoms with Crippen LogP contribution in [0.2, 0.25) is 0 Å². The van der Waals surface area contributed by atoms with Gasteiger partial charge in [0.1, 0.15) is 27.6 Å². The fourth-order valence-corrected chi connectivity index (χ4v) is 8.27. The van der Waals surface area contributed by atoms with Gasteiger partial charge in [-0.25, -0.2) is 27.2 Å². The van der Waals surface area contributed by atoms with Crippen molar-refractivity contribution in [2.45, 2.75) is 69.9 Å². The van der Waals surface area contributed by atoms with E-state index in [1.165, 1.54) is 12.4 Å². The fraction of sp³-hybridized carbons (Fsp3) is 0.594. The molecule has 7 rings (SSSR count). The molecule has 0 saturated carbocycles. The normalized spacial score (nSPS) is 26.6. The molecule has 0 unspecified atom stereocenters. The van der Waals surface area contributed by atoms with Crippen molar-refractivity contribution in [2.24, 2.45) is 5.92 Å². The van der Waals surface area contributed by atoms with Crippen molar-refractivity contribution < 1.29 is 21.9 Å². The number of rotatable bonds is 1. The predicted octanol–water partition coefficient (Wildman–Crippen LogP) is 4.87. The highest BCUT2D eigenvalue weighted by atomic mass is 32.2. The van der Waals surface area contributed by atoms with Gasteiger partial charge >= 0.3 is 0 Å². The first kappa shape index (κ1) is 31.0. The van der Waals surface area contributed by atoms with E-state index in [1.54, 1.807) is 22.8 Å². The average Bonchev–Trinajstić information content (AvgIpc) is 2.97. The molecule has 2 fully saturated rings. The number of pyridine rings is 1. The summed E-state index contributed by atoms with van der Waals surface area (Å²) in [6.07, 6.45) is 4.46. The summed E-state index contributed by atoms with van der Waals surface area (Å²) < 4.78 is 62.7. The average molecular weight is 630 g/mol. The van der Waals surface area contributed by atoms with Gasteiger partial charge in [0, 0.05) is 56.4 Å². The summed E-state index contributed by atoms with van der Waals surface area (Å²) in [4.78, 5) is 25.1. The first-order valence-electron chi connectivity index (χ1n) is 15.7. The number of alkyl halides is 2. The van der Waals surface area contributed by atoms with Crippen LogP contribution in [-0.2, 0) is 27.0 Å². The number of ether oxygens (including phenoxy) is 1. The molecule has 4 aliphatic heterocycles. The minimum atomic E-state index is -3.10. The summed E-state index contributed by atoms with van der Waals surface area (Å²) in [7, 11) is -3.10. The van der Waals surface area contributed by atoms with Crippen LogP contribution in [0.15, 0.2) is 41.5 Å². The van der Waals surface area contributed by atoms with E-state index in [4.69, 9.17) is 4.74 Å². The third-order valence-electron chi connectivity index (χ3n) is 9.33. The van der Waals surface area contributed by atoms with Crippen molar-refractivity contribution >= 4 is 26.7 Å². The summed E-state index contributed by atoms with van der Waals surface area (Å²) in [5.41, 5.74) is 1.58. The minimum absolute atomic E-state index is 0.0114. The molecule has 3 aromatic rings. The van der Waals surface area contributed by atoms with Gasteiger partial charge in [-0.05, 0) is 75.1 Å². The van der Waals surface area contributed by atoms with Gasteiger partial charge in [0.05, 0.1) is 16.9 Å². The fourth-order valence-electron chi connectivity index (χ4n) is 6.78. The molecule has 0 spiro atoms. The number of aromatic nitrogens is 3. The summed E-state index contributed by atoms with van der Waals surface area (Å²) in [5, 5.41) is 4.03. The molecule has 0 aliphatic carbocycles. The zero-order valence-electron chi connectivity index (χ0n) is 25.2. The smallest absolute Gasteiger partial charge is 0.273 e. The maximum atomic E-state index is 15.4. The van der Waals surface area contributed by atoms with Crippen LogP contribution in [0.4, 0.5) is 14.6 Å². The SMILES string of the molecule is C[C@@H]1Nc2ncnc3c2cc(C2CCS(=O)(=O)CC2)c(=O)n3CCCOCCCCN2CC(C2)CC(F)(F)c2cccc1c2. The summed E-state index contributed by atoms with van der Waals surface area (Å²) >= 11 is 0. The van der Waals surface area contributed by atoms with Gasteiger partial charge in [0.2, 0.25) is 0 Å². The monoisotopic (exact) mass is 629 g/mol. The summed E-state index contributed by atoms with van der Waals surface area (Å²) in [6, 6.07) is 8.02. The molecule has 9 nitrogen and oxygen atoms in total. The Morgan fingerprint density at radius 2 is 1.80 bits per heavy atom. The molecule has 1 aromatic carbocycles. The zero-order valence-corrected chi connectivity index (χ0v) is 26.0. The second-order valence-corrected chi connectivity index (χ2v) is 14.9. The molecule has 4 aliphatic rings. The van der Waals surface area contributed by atoms with Crippen LogP contribution < -0.4 is 10.9 Å². The van der Waals surface area contributed by atoms with Crippen molar-refractivity contribution in [3.8, 4) is 0 Å². The molecule has 1 atom stereocenters. The van der Waals surface area contributed by atoms with Gasteiger partial charge in [0.15, 0.2) is 0 Å². The molecule has 2 aromatic heterocycles. The first-order valence-corrected chi connectivity index (χ1v) is 17.6. The van der Waals surface area contributed by atoms with E-state index in [2.05, 4.69) is 20.2 Å². The van der Waals surface area contributed by atoms with Crippen LogP contribution in [0.25, 0.3) is 11.0 Å². The highest BCUT2D eigenvalue weighted by Crippen LogP contribution is 2.39. The Kier molecular flexibility index (Phi) is 9.03. The Morgan fingerprint density at radius 3 is 2.59 bits per heavy atom. The number of anilines is 1. The second kappa shape index (κ2) is 12.8. The Labute approximate surface area is 256 Å². The molecule has 0 radical (unpaired) electrons. The zero-order chi connectivity index (χ0) is 30.9. The van der Waals surface area contributed by atoms with E-state index in [0.717, 1.165) is 19.4 Å². The van der Waals surface area contributed by atoms with Gasteiger partial charge in [0.25, 0.3) is 11.5 Å². The summed E-state index contributed by atoms with van der Waals surface area (Å²) in [5.74, 6) is -2.56. The molecule has 2 saturated heterocycles. The minimum Gasteiger partial charge on any atom is -0.381 e. The molecule has 238 valence electrons. The maximum absolute atomic E-state index is 15.4. The van der Waals surface area contributed by atoms with Crippen LogP contribution >= 0.6 is 0 Å². The van der Waals surface area contributed by atoms with E-state index in [9.17, 15) is 13.2 Å². The van der Waals surface area contributed by atoms with Crippen LogP contribution in [0.1, 0.15) is 74.1 Å². The topological polar surface area (TPSA) is 106 Å². The van der Waals surface area contributed by atoms with Crippen molar-refractivity contribution in [3.63, 3.8) is 0 Å². The van der Waals surface area contributed by atoms with Crippen molar-refractivity contribution in [3.05, 3.63) is 63.7 Å². The Morgan fingerprint density at radius 1 is 1.02 bits per heavy atom. The maximum Gasteiger partial charge on any atom is 0.273 e. The molecule has 44 heavy (non-hydrogen) atoms. The lowest BCUT2D eigenvalue weighted by Crippen LogP contribution is -2.48. The third-order valence-corrected chi connectivity index (χ3v) is 11.0. The number of hydrogen-bond donors (Lipinski definition) is 1. The standard InChI is InChI=1S/C32H41F2N5O4S/c1-22-25-6-4-7-26(16-25)32(33,34)18-23-19-38(20-23)10-2-3-12-43-13-5-11-39-30-28(29(37-22)35-21-36-30)17-27(31(39)40)24-8-14-44(41,42)15-9-24/h4,6-7,16-17,21-24H,2-3,5,8-15,18-20H2,1H3,(H,35,36,37)/t22-/m0/s1. The number of fused-ring (bicyclic) bond motifs is 9. The highest BCUT2D eigenvalue weighted by molar-refractivity contribution is 7.91. The van der Waals surface area contributed by atoms with E-state index in [1.807, 2.05) is 13.0 Å². The lowest BCUT2D eigenvalue weighted by atomic mass is 9.89. The lowest BCUT2D eigenvalue weighted by molar-refractivity contribution is -0.0570. The van der Waals surface area contributed by atoms with Gasteiger partial charge in [-0.2, -0.15) is 0 Å². The molecular weight excluding hydrogens is 588 g/mol. The van der Waals surface area contributed by atoms with Gasteiger partial charge in [-0.1, -0.05) is 18.2 Å². The van der Waals surface area contributed by atoms with E-state index >= 15 is 8.78 Å². The van der Waals surface area contributed by atoms with Crippen molar-refractivity contribution in [2.75, 3.05) is 49.7 Å². The van der Waals surface area contributed by atoms with E-state index in [-0.39, 0.29) is 46.9 Å². The number of nitrogens with zero attached hydrogens (tertiary/aromatic N) is 4. The predicted molar refractivity (Wildman–Crippen MR) is 166 cm³/mol. The van der Waals surface area contributed by atoms with E-state index < -0.39 is 15.8 Å². The Hall–Kier alpha value is -2.96. The first-order chi connectivity index (χ1) is 21.1. The van der Waals surface area contributed by atoms with Crippen molar-refractivity contribution in [1.29, 1.82) is 0 Å². The lowest BCUT2D eigenvalue weighted by Gasteiger charge is -2.41. The number of aryl methyl sites for hydroxylation is 1. The molecular formula is C32H41F2N5O4S. The molecule has 1 N–H and O–H groups in total. The van der Waals surface area contributed by atoms with Crippen LogP contribution in [0.3, 0.4) is 0 Å². The molecule has 0 amide bonds. The number of hydrogen-bond acceptors (Lipinski definition) is 8. The number of sulfone groups is 1. The Bertz CT molecular complexity index is 1640. The van der Waals surface area contributed by atoms with E-state index in [0.29, 0.717) is 80.1 Å². The van der Waals surface area contributed by atoms with Gasteiger partial charge in [-0.3, -0.25) is 9.36 Å². The molecule has 8 bridgehead atoms. The van der Waals surface area contributed by atoms with Crippen molar-refractivity contribution in [1.82, 2.24) is 19.4 Å². The number of halogens is 2. The number of benzene rings is 1. The largest absolute Gasteiger partial charge is 0.381 e. The number of nitrogens with one attached hydrogen (secondary N) is 1.